The van der Waals surface area contributed by atoms with Crippen LogP contribution in [0.25, 0.3) is 0 Å². The molecule has 8 nitrogen and oxygen atoms in total. The van der Waals surface area contributed by atoms with Crippen LogP contribution in [0.15, 0.2) is 21.6 Å². The lowest BCUT2D eigenvalue weighted by Gasteiger charge is -2.21. The molecule has 1 fully saturated rings. The fourth-order valence-corrected chi connectivity index (χ4v) is 5.52. The first-order valence-corrected chi connectivity index (χ1v) is 10.1. The third-order valence-corrected chi connectivity index (χ3v) is 6.72. The van der Waals surface area contributed by atoms with Crippen molar-refractivity contribution >= 4 is 21.6 Å². The molecular formula is C16H18ClN3O5S. The van der Waals surface area contributed by atoms with Crippen LogP contribution in [0.4, 0.5) is 0 Å². The Morgan fingerprint density at radius 1 is 1.38 bits per heavy atom. The monoisotopic (exact) mass is 399 g/mol. The molecule has 2 aromatic rings. The number of aryl methyl sites for hydroxylation is 1. The molecule has 2 aliphatic rings. The van der Waals surface area contributed by atoms with Crippen LogP contribution in [0.5, 0.6) is 5.75 Å². The third kappa shape index (κ3) is 2.88. The summed E-state index contributed by atoms with van der Waals surface area (Å²) in [4.78, 5) is 4.19. The molecule has 4 rings (SSSR count). The van der Waals surface area contributed by atoms with Crippen LogP contribution in [-0.4, -0.2) is 46.7 Å². The van der Waals surface area contributed by atoms with Gasteiger partial charge in [-0.1, -0.05) is 16.8 Å². The van der Waals surface area contributed by atoms with Gasteiger partial charge >= 0.3 is 0 Å². The minimum atomic E-state index is -3.92. The summed E-state index contributed by atoms with van der Waals surface area (Å²) in [5.41, 5.74) is 0.758. The van der Waals surface area contributed by atoms with Crippen molar-refractivity contribution in [2.24, 2.45) is 0 Å². The molecule has 1 aromatic carbocycles. The quantitative estimate of drug-likeness (QED) is 0.839. The van der Waals surface area contributed by atoms with Crippen molar-refractivity contribution < 1.29 is 22.8 Å². The van der Waals surface area contributed by atoms with Gasteiger partial charge in [-0.2, -0.15) is 9.29 Å². The number of halogens is 1. The maximum Gasteiger partial charge on any atom is 0.245 e. The van der Waals surface area contributed by atoms with Crippen LogP contribution in [0.1, 0.15) is 36.7 Å². The van der Waals surface area contributed by atoms with Crippen molar-refractivity contribution in [2.75, 3.05) is 6.54 Å². The summed E-state index contributed by atoms with van der Waals surface area (Å²) in [7, 11) is -3.92. The van der Waals surface area contributed by atoms with E-state index in [2.05, 4.69) is 10.1 Å². The molecule has 1 aromatic heterocycles. The fourth-order valence-electron chi connectivity index (χ4n) is 3.47. The molecule has 140 valence electrons. The number of β-amino-alcohol motifs (C(OH)–C–C–N with tert-alkyl or cyclic N) is 1. The molecule has 26 heavy (non-hydrogen) atoms. The maximum atomic E-state index is 13.2. The first-order valence-electron chi connectivity index (χ1n) is 8.25. The van der Waals surface area contributed by atoms with Crippen LogP contribution in [0.3, 0.4) is 0 Å². The van der Waals surface area contributed by atoms with E-state index in [9.17, 15) is 13.5 Å². The summed E-state index contributed by atoms with van der Waals surface area (Å²) < 4.78 is 38.4. The Bertz CT molecular complexity index is 961. The highest BCUT2D eigenvalue weighted by atomic mass is 35.5. The maximum absolute atomic E-state index is 13.2. The Hall–Kier alpha value is -1.68. The Morgan fingerprint density at radius 3 is 2.85 bits per heavy atom. The number of benzene rings is 1. The van der Waals surface area contributed by atoms with Crippen molar-refractivity contribution in [2.45, 2.75) is 49.8 Å². The molecule has 1 saturated heterocycles. The lowest BCUT2D eigenvalue weighted by molar-refractivity contribution is 0.188. The number of sulfonamides is 1. The second-order valence-electron chi connectivity index (χ2n) is 6.69. The van der Waals surface area contributed by atoms with Gasteiger partial charge in [-0.15, -0.1) is 0 Å². The number of aliphatic hydroxyl groups excluding tert-OH is 1. The number of ether oxygens (including phenoxy) is 1. The second-order valence-corrected chi connectivity index (χ2v) is 8.98. The van der Waals surface area contributed by atoms with Gasteiger partial charge in [0.2, 0.25) is 15.9 Å². The predicted molar refractivity (Wildman–Crippen MR) is 91.5 cm³/mol. The molecule has 0 saturated carbocycles. The third-order valence-electron chi connectivity index (χ3n) is 4.59. The van der Waals surface area contributed by atoms with Crippen molar-refractivity contribution in [3.8, 4) is 5.75 Å². The molecule has 3 heterocycles. The van der Waals surface area contributed by atoms with Gasteiger partial charge < -0.3 is 14.4 Å². The lowest BCUT2D eigenvalue weighted by Crippen LogP contribution is -2.32. The number of hydrogen-bond donors (Lipinski definition) is 1. The van der Waals surface area contributed by atoms with Gasteiger partial charge in [0, 0.05) is 24.9 Å². The number of nitrogens with zero attached hydrogens (tertiary/aromatic N) is 3. The summed E-state index contributed by atoms with van der Waals surface area (Å²) in [5, 5.41) is 14.0. The van der Waals surface area contributed by atoms with Gasteiger partial charge in [0.05, 0.1) is 16.0 Å². The normalized spacial score (nSPS) is 26.1. The predicted octanol–water partition coefficient (Wildman–Crippen LogP) is 1.85. The lowest BCUT2D eigenvalue weighted by atomic mass is 10.1. The molecule has 0 spiro atoms. The van der Waals surface area contributed by atoms with Crippen molar-refractivity contribution in [1.29, 1.82) is 0 Å². The van der Waals surface area contributed by atoms with E-state index in [0.717, 1.165) is 5.56 Å². The van der Waals surface area contributed by atoms with E-state index < -0.39 is 22.2 Å². The van der Waals surface area contributed by atoms with Gasteiger partial charge in [0.25, 0.3) is 0 Å². The van der Waals surface area contributed by atoms with Crippen LogP contribution >= 0.6 is 11.6 Å². The van der Waals surface area contributed by atoms with Crippen molar-refractivity contribution in [1.82, 2.24) is 14.4 Å². The molecule has 0 radical (unpaired) electrons. The van der Waals surface area contributed by atoms with Crippen LogP contribution in [0.2, 0.25) is 5.02 Å². The summed E-state index contributed by atoms with van der Waals surface area (Å²) in [6.45, 7) is 3.50. The minimum Gasteiger partial charge on any atom is -0.489 e. The highest BCUT2D eigenvalue weighted by molar-refractivity contribution is 7.89. The Labute approximate surface area is 155 Å². The molecule has 10 heteroatoms. The molecule has 2 aliphatic heterocycles. The Kier molecular flexibility index (Phi) is 4.22. The van der Waals surface area contributed by atoms with Gasteiger partial charge in [0.15, 0.2) is 5.82 Å². The number of aliphatic hydroxyl groups is 1. The summed E-state index contributed by atoms with van der Waals surface area (Å²) in [6.07, 6.45) is -0.0779. The summed E-state index contributed by atoms with van der Waals surface area (Å²) >= 11 is 6.24. The minimum absolute atomic E-state index is 0.0456. The second kappa shape index (κ2) is 6.19. The Morgan fingerprint density at radius 2 is 2.15 bits per heavy atom. The van der Waals surface area contributed by atoms with E-state index in [1.807, 2.05) is 6.92 Å². The van der Waals surface area contributed by atoms with E-state index in [-0.39, 0.29) is 34.9 Å². The molecule has 0 aliphatic carbocycles. The molecular weight excluding hydrogens is 382 g/mol. The first-order chi connectivity index (χ1) is 12.3. The van der Waals surface area contributed by atoms with Crippen molar-refractivity contribution in [3.63, 3.8) is 0 Å². The summed E-state index contributed by atoms with van der Waals surface area (Å²) in [6, 6.07) is 2.26. The number of rotatable bonds is 3. The van der Waals surface area contributed by atoms with Crippen molar-refractivity contribution in [3.05, 3.63) is 34.4 Å². The van der Waals surface area contributed by atoms with Gasteiger partial charge in [-0.3, -0.25) is 0 Å². The standard InChI is InChI=1S/C16H18ClN3O5S/c1-8-3-10-4-12(6-13(17)15(10)24-8)26(22,23)20-7-11(21)5-14(20)16-18-9(2)19-25-16/h4,6,8,11,14,21H,3,5,7H2,1-2H3/t8-,11+,14-/m1/s1. The highest BCUT2D eigenvalue weighted by Crippen LogP contribution is 2.41. The molecule has 1 N–H and O–H groups in total. The van der Waals surface area contributed by atoms with Gasteiger partial charge in [-0.05, 0) is 26.0 Å². The zero-order chi connectivity index (χ0) is 18.6. The van der Waals surface area contributed by atoms with Crippen LogP contribution in [-0.2, 0) is 16.4 Å². The number of fused-ring (bicyclic) bond motifs is 1. The number of hydrogen-bond acceptors (Lipinski definition) is 7. The van der Waals surface area contributed by atoms with Crippen LogP contribution < -0.4 is 4.74 Å². The molecule has 0 unspecified atom stereocenters. The smallest absolute Gasteiger partial charge is 0.245 e. The molecule has 0 bridgehead atoms. The average Bonchev–Trinajstić information content (AvgIpc) is 3.25. The van der Waals surface area contributed by atoms with E-state index in [4.69, 9.17) is 20.9 Å². The van der Waals surface area contributed by atoms with E-state index in [1.54, 1.807) is 13.0 Å². The van der Waals surface area contributed by atoms with Gasteiger partial charge in [-0.25, -0.2) is 8.42 Å². The van der Waals surface area contributed by atoms with Gasteiger partial charge in [0.1, 0.15) is 17.9 Å². The van der Waals surface area contributed by atoms with E-state index in [0.29, 0.717) is 18.0 Å². The largest absolute Gasteiger partial charge is 0.489 e. The zero-order valence-electron chi connectivity index (χ0n) is 14.2. The SMILES string of the molecule is Cc1noc([C@H]2C[C@H](O)CN2S(=O)(=O)c2cc(Cl)c3c(c2)C[C@@H](C)O3)n1. The Balaban J connectivity index is 1.74. The van der Waals surface area contributed by atoms with E-state index in [1.165, 1.54) is 10.4 Å². The molecule has 3 atom stereocenters. The van der Waals surface area contributed by atoms with E-state index >= 15 is 0 Å². The first kappa shape index (κ1) is 17.7. The summed E-state index contributed by atoms with van der Waals surface area (Å²) in [5.74, 6) is 1.11. The number of aromatic nitrogens is 2. The average molecular weight is 400 g/mol. The van der Waals surface area contributed by atoms with Crippen LogP contribution in [0, 0.1) is 6.92 Å². The zero-order valence-corrected chi connectivity index (χ0v) is 15.8. The topological polar surface area (TPSA) is 106 Å². The molecule has 0 amide bonds. The highest BCUT2D eigenvalue weighted by Gasteiger charge is 2.43. The fraction of sp³-hybridized carbons (Fsp3) is 0.500.